The second-order valence-electron chi connectivity index (χ2n) is 7.97. The van der Waals surface area contributed by atoms with Gasteiger partial charge >= 0.3 is 0 Å². The first-order valence-corrected chi connectivity index (χ1v) is 9.67. The zero-order valence-electron chi connectivity index (χ0n) is 15.6. The summed E-state index contributed by atoms with van der Waals surface area (Å²) in [7, 11) is 0. The fourth-order valence-corrected chi connectivity index (χ4v) is 4.52. The van der Waals surface area contributed by atoms with Crippen molar-refractivity contribution in [1.29, 1.82) is 0 Å². The lowest BCUT2D eigenvalue weighted by molar-refractivity contribution is 0.0520. The van der Waals surface area contributed by atoms with Crippen molar-refractivity contribution in [3.8, 4) is 0 Å². The lowest BCUT2D eigenvalue weighted by Crippen LogP contribution is -2.46. The van der Waals surface area contributed by atoms with Crippen LogP contribution in [-0.4, -0.2) is 62.1 Å². The molecule has 0 spiro atoms. The van der Waals surface area contributed by atoms with Gasteiger partial charge in [-0.2, -0.15) is 5.10 Å². The number of nitrogens with zero attached hydrogens (tertiary/aromatic N) is 4. The highest BCUT2D eigenvalue weighted by Gasteiger charge is 2.38. The van der Waals surface area contributed by atoms with Crippen LogP contribution in [0.15, 0.2) is 18.7 Å². The van der Waals surface area contributed by atoms with E-state index in [0.717, 1.165) is 45.4 Å². The zero-order valence-corrected chi connectivity index (χ0v) is 15.6. The molecule has 1 unspecified atom stereocenters. The Morgan fingerprint density at radius 3 is 2.81 bits per heavy atom. The Hall–Kier alpha value is -2.15. The normalized spacial score (nSPS) is 22.0. The van der Waals surface area contributed by atoms with Gasteiger partial charge in [0.1, 0.15) is 0 Å². The van der Waals surface area contributed by atoms with Gasteiger partial charge in [-0.25, -0.2) is 4.98 Å². The average Bonchev–Trinajstić information content (AvgIpc) is 3.32. The molecule has 2 aliphatic rings. The third kappa shape index (κ3) is 3.28. The highest BCUT2D eigenvalue weighted by molar-refractivity contribution is 5.93. The molecule has 1 atom stereocenters. The highest BCUT2D eigenvalue weighted by Crippen LogP contribution is 2.39. The van der Waals surface area contributed by atoms with Gasteiger partial charge in [0.25, 0.3) is 5.91 Å². The zero-order chi connectivity index (χ0) is 18.1. The number of rotatable bonds is 4. The van der Waals surface area contributed by atoms with E-state index in [4.69, 9.17) is 0 Å². The second-order valence-corrected chi connectivity index (χ2v) is 7.97. The summed E-state index contributed by atoms with van der Waals surface area (Å²) < 4.78 is 0. The largest absolute Gasteiger partial charge is 0.348 e. The minimum Gasteiger partial charge on any atom is -0.348 e. The molecule has 0 aromatic carbocycles. The van der Waals surface area contributed by atoms with Gasteiger partial charge in [0.2, 0.25) is 0 Å². The highest BCUT2D eigenvalue weighted by atomic mass is 16.2. The quantitative estimate of drug-likeness (QED) is 0.880. The SMILES string of the molecule is CC(C)CN1CCc2[nH]cnc2C1C1CCN(C(=O)c2cn[nH]c2)CC1. The molecule has 1 fully saturated rings. The maximum Gasteiger partial charge on any atom is 0.257 e. The van der Waals surface area contributed by atoms with Crippen molar-refractivity contribution in [2.75, 3.05) is 26.2 Å². The van der Waals surface area contributed by atoms with E-state index in [1.807, 2.05) is 11.2 Å². The first-order chi connectivity index (χ1) is 12.6. The molecule has 4 heterocycles. The van der Waals surface area contributed by atoms with Crippen LogP contribution in [0, 0.1) is 11.8 Å². The maximum atomic E-state index is 12.5. The summed E-state index contributed by atoms with van der Waals surface area (Å²) in [6.45, 7) is 8.37. The summed E-state index contributed by atoms with van der Waals surface area (Å²) in [5.74, 6) is 1.27. The van der Waals surface area contributed by atoms with E-state index in [1.54, 1.807) is 12.4 Å². The van der Waals surface area contributed by atoms with Gasteiger partial charge in [0, 0.05) is 44.5 Å². The van der Waals surface area contributed by atoms with Crippen LogP contribution >= 0.6 is 0 Å². The molecule has 1 amide bonds. The Kier molecular flexibility index (Phi) is 4.80. The lowest BCUT2D eigenvalue weighted by atomic mass is 9.83. The number of nitrogens with one attached hydrogen (secondary N) is 2. The fraction of sp³-hybridized carbons (Fsp3) is 0.632. The molecule has 7 heteroatoms. The molecule has 7 nitrogen and oxygen atoms in total. The minimum atomic E-state index is 0.0836. The Morgan fingerprint density at radius 2 is 2.12 bits per heavy atom. The van der Waals surface area contributed by atoms with Gasteiger partial charge in [0.15, 0.2) is 0 Å². The van der Waals surface area contributed by atoms with Gasteiger partial charge in [-0.05, 0) is 24.7 Å². The monoisotopic (exact) mass is 356 g/mol. The molecule has 0 radical (unpaired) electrons. The summed E-state index contributed by atoms with van der Waals surface area (Å²) in [6.07, 6.45) is 8.22. The molecule has 2 aromatic rings. The van der Waals surface area contributed by atoms with Gasteiger partial charge < -0.3 is 9.88 Å². The molecule has 140 valence electrons. The molecule has 26 heavy (non-hydrogen) atoms. The number of amides is 1. The molecule has 1 saturated heterocycles. The third-order valence-electron chi connectivity index (χ3n) is 5.69. The molecule has 0 aliphatic carbocycles. The summed E-state index contributed by atoms with van der Waals surface area (Å²) in [5, 5.41) is 6.62. The summed E-state index contributed by atoms with van der Waals surface area (Å²) in [5.41, 5.74) is 3.18. The van der Waals surface area contributed by atoms with E-state index in [-0.39, 0.29) is 5.91 Å². The standard InChI is InChI=1S/C19H28N6O/c1-13(2)11-25-8-5-16-17(21-12-20-16)18(25)14-3-6-24(7-4-14)19(26)15-9-22-23-10-15/h9-10,12-14,18H,3-8,11H2,1-2H3,(H,20,21)(H,22,23). The number of carbonyl (C=O) groups excluding carboxylic acids is 1. The fourth-order valence-electron chi connectivity index (χ4n) is 4.52. The van der Waals surface area contributed by atoms with Crippen molar-refractivity contribution in [3.05, 3.63) is 35.7 Å². The number of H-pyrrole nitrogens is 2. The number of imidazole rings is 1. The van der Waals surface area contributed by atoms with Crippen LogP contribution < -0.4 is 0 Å². The van der Waals surface area contributed by atoms with Crippen molar-refractivity contribution in [2.45, 2.75) is 39.2 Å². The van der Waals surface area contributed by atoms with E-state index in [2.05, 4.69) is 38.9 Å². The Labute approximate surface area is 154 Å². The number of hydrogen-bond donors (Lipinski definition) is 2. The van der Waals surface area contributed by atoms with Gasteiger partial charge in [-0.15, -0.1) is 0 Å². The van der Waals surface area contributed by atoms with Gasteiger partial charge in [-0.1, -0.05) is 13.8 Å². The Bertz CT molecular complexity index is 729. The van der Waals surface area contributed by atoms with Crippen molar-refractivity contribution in [2.24, 2.45) is 11.8 Å². The number of carbonyl (C=O) groups is 1. The van der Waals surface area contributed by atoms with Crippen LogP contribution in [0.25, 0.3) is 0 Å². The van der Waals surface area contributed by atoms with E-state index in [9.17, 15) is 4.79 Å². The number of aromatic nitrogens is 4. The van der Waals surface area contributed by atoms with Crippen LogP contribution in [-0.2, 0) is 6.42 Å². The van der Waals surface area contributed by atoms with Crippen LogP contribution in [0.3, 0.4) is 0 Å². The molecule has 0 saturated carbocycles. The topological polar surface area (TPSA) is 80.9 Å². The number of hydrogen-bond acceptors (Lipinski definition) is 4. The van der Waals surface area contributed by atoms with Crippen LogP contribution in [0.4, 0.5) is 0 Å². The van der Waals surface area contributed by atoms with Gasteiger partial charge in [0.05, 0.1) is 29.8 Å². The van der Waals surface area contributed by atoms with E-state index in [1.165, 1.54) is 11.4 Å². The summed E-state index contributed by atoms with van der Waals surface area (Å²) >= 11 is 0. The van der Waals surface area contributed by atoms with Crippen molar-refractivity contribution in [3.63, 3.8) is 0 Å². The van der Waals surface area contributed by atoms with Crippen LogP contribution in [0.5, 0.6) is 0 Å². The predicted molar refractivity (Wildman–Crippen MR) is 98.7 cm³/mol. The van der Waals surface area contributed by atoms with Crippen LogP contribution in [0.1, 0.15) is 54.5 Å². The van der Waals surface area contributed by atoms with E-state index in [0.29, 0.717) is 23.4 Å². The third-order valence-corrected chi connectivity index (χ3v) is 5.69. The second kappa shape index (κ2) is 7.23. The molecular formula is C19H28N6O. The molecule has 2 N–H and O–H groups in total. The van der Waals surface area contributed by atoms with Crippen molar-refractivity contribution in [1.82, 2.24) is 30.0 Å². The first kappa shape index (κ1) is 17.3. The number of piperidine rings is 1. The number of likely N-dealkylation sites (tertiary alicyclic amines) is 1. The summed E-state index contributed by atoms with van der Waals surface area (Å²) in [4.78, 5) is 25.1. The van der Waals surface area contributed by atoms with E-state index >= 15 is 0 Å². The number of fused-ring (bicyclic) bond motifs is 1. The molecule has 2 aromatic heterocycles. The van der Waals surface area contributed by atoms with Crippen LogP contribution in [0.2, 0.25) is 0 Å². The van der Waals surface area contributed by atoms with Crippen molar-refractivity contribution >= 4 is 5.91 Å². The van der Waals surface area contributed by atoms with Crippen molar-refractivity contribution < 1.29 is 4.79 Å². The Balaban J connectivity index is 1.47. The predicted octanol–water partition coefficient (Wildman–Crippen LogP) is 2.24. The number of aromatic amines is 2. The van der Waals surface area contributed by atoms with Gasteiger partial charge in [-0.3, -0.25) is 14.8 Å². The molecule has 4 rings (SSSR count). The Morgan fingerprint density at radius 1 is 1.31 bits per heavy atom. The van der Waals surface area contributed by atoms with E-state index < -0.39 is 0 Å². The molecule has 2 aliphatic heterocycles. The maximum absolute atomic E-state index is 12.5. The summed E-state index contributed by atoms with van der Waals surface area (Å²) in [6, 6.07) is 0.374. The smallest absolute Gasteiger partial charge is 0.257 e. The minimum absolute atomic E-state index is 0.0836. The average molecular weight is 356 g/mol. The molecular weight excluding hydrogens is 328 g/mol. The lowest BCUT2D eigenvalue weighted by Gasteiger charge is -2.43. The first-order valence-electron chi connectivity index (χ1n) is 9.67. The molecule has 0 bridgehead atoms.